The van der Waals surface area contributed by atoms with E-state index in [4.69, 9.17) is 25.1 Å². The van der Waals surface area contributed by atoms with Gasteiger partial charge < -0.3 is 35.7 Å². The molecule has 9 nitrogen and oxygen atoms in total. The second kappa shape index (κ2) is 13.6. The van der Waals surface area contributed by atoms with Crippen LogP contribution in [-0.2, 0) is 25.5 Å². The maximum absolute atomic E-state index is 12.8. The van der Waals surface area contributed by atoms with E-state index < -0.39 is 6.29 Å². The van der Waals surface area contributed by atoms with Gasteiger partial charge in [-0.2, -0.15) is 0 Å². The van der Waals surface area contributed by atoms with Crippen LogP contribution in [0.4, 0.5) is 11.4 Å². The topological polar surface area (TPSA) is 132 Å². The van der Waals surface area contributed by atoms with E-state index in [1.165, 1.54) is 0 Å². The Morgan fingerprint density at radius 1 is 1.08 bits per heavy atom. The fourth-order valence-electron chi connectivity index (χ4n) is 3.66. The monoisotopic (exact) mass is 497 g/mol. The highest BCUT2D eigenvalue weighted by Crippen LogP contribution is 2.28. The van der Waals surface area contributed by atoms with Gasteiger partial charge in [-0.1, -0.05) is 38.1 Å². The molecule has 2 aromatic carbocycles. The first-order valence-electron chi connectivity index (χ1n) is 12.1. The molecule has 5 N–H and O–H groups in total. The predicted molar refractivity (Wildman–Crippen MR) is 137 cm³/mol. The molecule has 0 saturated carbocycles. The first-order valence-corrected chi connectivity index (χ1v) is 12.1. The molecular weight excluding hydrogens is 462 g/mol. The Bertz CT molecular complexity index is 1040. The predicted octanol–water partition coefficient (Wildman–Crippen LogP) is 3.07. The molecule has 0 fully saturated rings. The molecule has 2 atom stereocenters. The Morgan fingerprint density at radius 2 is 1.83 bits per heavy atom. The minimum absolute atomic E-state index is 0.0405. The number of carbonyl (C=O) groups is 2. The average molecular weight is 498 g/mol. The number of aliphatic hydroxyl groups is 1. The summed E-state index contributed by atoms with van der Waals surface area (Å²) in [6, 6.07) is 14.0. The fraction of sp³-hybridized carbons (Fsp3) is 0.407. The number of allylic oxidation sites excluding steroid dienone is 1. The lowest BCUT2D eigenvalue weighted by atomic mass is 9.90. The van der Waals surface area contributed by atoms with Crippen molar-refractivity contribution in [2.45, 2.75) is 33.1 Å². The van der Waals surface area contributed by atoms with Crippen LogP contribution < -0.4 is 16.4 Å². The molecule has 0 unspecified atom stereocenters. The fourth-order valence-corrected chi connectivity index (χ4v) is 3.66. The van der Waals surface area contributed by atoms with Crippen LogP contribution in [-0.4, -0.2) is 49.6 Å². The highest BCUT2D eigenvalue weighted by atomic mass is 16.7. The summed E-state index contributed by atoms with van der Waals surface area (Å²) in [4.78, 5) is 25.3. The summed E-state index contributed by atoms with van der Waals surface area (Å²) in [6.45, 7) is 5.32. The van der Waals surface area contributed by atoms with Crippen molar-refractivity contribution in [2.75, 3.05) is 37.5 Å². The molecule has 1 aliphatic rings. The largest absolute Gasteiger partial charge is 0.459 e. The minimum atomic E-state index is -0.544. The van der Waals surface area contributed by atoms with Crippen molar-refractivity contribution < 1.29 is 28.9 Å². The van der Waals surface area contributed by atoms with E-state index in [9.17, 15) is 9.59 Å². The van der Waals surface area contributed by atoms with Crippen molar-refractivity contribution in [3.63, 3.8) is 0 Å². The molecule has 0 aliphatic carbocycles. The highest BCUT2D eigenvalue weighted by molar-refractivity contribution is 6.05. The Balaban J connectivity index is 1.53. The Morgan fingerprint density at radius 3 is 2.53 bits per heavy atom. The number of nitrogens with two attached hydrogens (primary N) is 1. The van der Waals surface area contributed by atoms with Crippen molar-refractivity contribution in [3.05, 3.63) is 71.5 Å². The Kier molecular flexibility index (Phi) is 10.3. The molecule has 1 aliphatic heterocycles. The zero-order valence-corrected chi connectivity index (χ0v) is 20.7. The van der Waals surface area contributed by atoms with E-state index in [1.54, 1.807) is 48.5 Å². The SMILES string of the molecule is CC(C)[C@H]1C=C(C(=O)NCc2ccc(C(=O)Nc3ccccc3N)cc2)O[C@@H](OCCOCCO)C1. The third-order valence-electron chi connectivity index (χ3n) is 5.81. The van der Waals surface area contributed by atoms with E-state index >= 15 is 0 Å². The molecule has 0 radical (unpaired) electrons. The standard InChI is InChI=1S/C27H35N3O6/c1-18(2)21-15-24(36-25(16-21)35-14-13-34-12-11-31)27(33)29-17-19-7-9-20(10-8-19)26(32)30-23-6-4-3-5-22(23)28/h3-10,15,18,21,25,31H,11-14,16-17,28H2,1-2H3,(H,29,33)(H,30,32)/t21-,25+/m0/s1. The second-order valence-electron chi connectivity index (χ2n) is 8.85. The quantitative estimate of drug-likeness (QED) is 0.262. The lowest BCUT2D eigenvalue weighted by molar-refractivity contribution is -0.155. The zero-order chi connectivity index (χ0) is 25.9. The third-order valence-corrected chi connectivity index (χ3v) is 5.81. The van der Waals surface area contributed by atoms with E-state index in [1.807, 2.05) is 6.08 Å². The van der Waals surface area contributed by atoms with Crippen LogP contribution in [0.3, 0.4) is 0 Å². The highest BCUT2D eigenvalue weighted by Gasteiger charge is 2.29. The number of rotatable bonds is 12. The molecule has 0 spiro atoms. The number of nitrogens with one attached hydrogen (secondary N) is 2. The van der Waals surface area contributed by atoms with Crippen LogP contribution in [0.15, 0.2) is 60.4 Å². The van der Waals surface area contributed by atoms with Crippen molar-refractivity contribution in [1.29, 1.82) is 0 Å². The number of benzene rings is 2. The zero-order valence-electron chi connectivity index (χ0n) is 20.7. The molecule has 194 valence electrons. The van der Waals surface area contributed by atoms with Crippen LogP contribution in [0.1, 0.15) is 36.2 Å². The molecule has 1 heterocycles. The van der Waals surface area contributed by atoms with Crippen molar-refractivity contribution >= 4 is 23.2 Å². The smallest absolute Gasteiger partial charge is 0.286 e. The summed E-state index contributed by atoms with van der Waals surface area (Å²) in [5, 5.41) is 14.4. The molecule has 2 amide bonds. The van der Waals surface area contributed by atoms with E-state index in [2.05, 4.69) is 24.5 Å². The molecule has 0 aromatic heterocycles. The van der Waals surface area contributed by atoms with Crippen LogP contribution in [0.2, 0.25) is 0 Å². The number of amides is 2. The number of carbonyl (C=O) groups excluding carboxylic acids is 2. The van der Waals surface area contributed by atoms with Gasteiger partial charge in [0.1, 0.15) is 0 Å². The number of ether oxygens (including phenoxy) is 3. The molecule has 0 saturated heterocycles. The van der Waals surface area contributed by atoms with Gasteiger partial charge in [0.05, 0.1) is 37.8 Å². The lowest BCUT2D eigenvalue weighted by Gasteiger charge is -2.30. The number of anilines is 2. The third kappa shape index (κ3) is 8.08. The van der Waals surface area contributed by atoms with E-state index in [0.29, 0.717) is 42.5 Å². The van der Waals surface area contributed by atoms with Crippen molar-refractivity contribution in [2.24, 2.45) is 11.8 Å². The molecule has 3 rings (SSSR count). The molecular formula is C27H35N3O6. The van der Waals surface area contributed by atoms with E-state index in [0.717, 1.165) is 5.56 Å². The second-order valence-corrected chi connectivity index (χ2v) is 8.85. The average Bonchev–Trinajstić information content (AvgIpc) is 2.88. The first-order chi connectivity index (χ1) is 17.4. The van der Waals surface area contributed by atoms with Gasteiger partial charge >= 0.3 is 0 Å². The van der Waals surface area contributed by atoms with Crippen LogP contribution in [0, 0.1) is 11.8 Å². The van der Waals surface area contributed by atoms with Crippen LogP contribution >= 0.6 is 0 Å². The first kappa shape index (κ1) is 27.2. The van der Waals surface area contributed by atoms with Crippen molar-refractivity contribution in [3.8, 4) is 0 Å². The summed E-state index contributed by atoms with van der Waals surface area (Å²) in [6.07, 6.45) is 1.95. The van der Waals surface area contributed by atoms with Crippen molar-refractivity contribution in [1.82, 2.24) is 5.32 Å². The number of hydrogen-bond acceptors (Lipinski definition) is 7. The van der Waals surface area contributed by atoms with Gasteiger partial charge in [0.2, 0.25) is 6.29 Å². The van der Waals surface area contributed by atoms with Gasteiger partial charge in [0.25, 0.3) is 11.8 Å². The van der Waals surface area contributed by atoms with Gasteiger partial charge in [-0.05, 0) is 47.7 Å². The molecule has 0 bridgehead atoms. The number of para-hydroxylation sites is 2. The summed E-state index contributed by atoms with van der Waals surface area (Å²) in [5.74, 6) is 0.0963. The van der Waals surface area contributed by atoms with Gasteiger partial charge in [-0.25, -0.2) is 0 Å². The normalized spacial score (nSPS) is 17.3. The molecule has 2 aromatic rings. The van der Waals surface area contributed by atoms with Gasteiger partial charge in [-0.3, -0.25) is 9.59 Å². The Labute approximate surface area is 211 Å². The van der Waals surface area contributed by atoms with Gasteiger partial charge in [0, 0.05) is 18.5 Å². The summed E-state index contributed by atoms with van der Waals surface area (Å²) < 4.78 is 16.8. The summed E-state index contributed by atoms with van der Waals surface area (Å²) in [5.41, 5.74) is 8.25. The maximum Gasteiger partial charge on any atom is 0.286 e. The maximum atomic E-state index is 12.8. The summed E-state index contributed by atoms with van der Waals surface area (Å²) in [7, 11) is 0. The minimum Gasteiger partial charge on any atom is -0.459 e. The van der Waals surface area contributed by atoms with Crippen LogP contribution in [0.25, 0.3) is 0 Å². The van der Waals surface area contributed by atoms with E-state index in [-0.39, 0.29) is 43.2 Å². The number of nitrogen functional groups attached to an aromatic ring is 1. The van der Waals surface area contributed by atoms with Crippen LogP contribution in [0.5, 0.6) is 0 Å². The molecule has 9 heteroatoms. The number of hydrogen-bond donors (Lipinski definition) is 4. The number of aliphatic hydroxyl groups excluding tert-OH is 1. The molecule has 36 heavy (non-hydrogen) atoms. The lowest BCUT2D eigenvalue weighted by Crippen LogP contribution is -2.34. The Hall–Kier alpha value is -3.40. The van der Waals surface area contributed by atoms with Gasteiger partial charge in [0.15, 0.2) is 5.76 Å². The van der Waals surface area contributed by atoms with Gasteiger partial charge in [-0.15, -0.1) is 0 Å². The summed E-state index contributed by atoms with van der Waals surface area (Å²) >= 11 is 0.